The summed E-state index contributed by atoms with van der Waals surface area (Å²) in [7, 11) is 0. The Morgan fingerprint density at radius 1 is 0.909 bits per heavy atom. The number of ether oxygens (including phenoxy) is 1. The van der Waals surface area contributed by atoms with Crippen molar-refractivity contribution in [2.24, 2.45) is 5.41 Å². The first-order valence-corrected chi connectivity index (χ1v) is 10.9. The monoisotopic (exact) mass is 441 g/mol. The van der Waals surface area contributed by atoms with Gasteiger partial charge in [0.1, 0.15) is 12.4 Å². The SMILES string of the molecule is CC(C)(C)C(=O)C1=C(O)C(=O)N(c2ccccc2)C1c1ccc(OCc2ccccc2)cc1. The van der Waals surface area contributed by atoms with Gasteiger partial charge in [0.25, 0.3) is 5.91 Å². The number of ketones is 1. The summed E-state index contributed by atoms with van der Waals surface area (Å²) in [5.41, 5.74) is 1.75. The maximum atomic E-state index is 13.3. The lowest BCUT2D eigenvalue weighted by atomic mass is 9.82. The van der Waals surface area contributed by atoms with Crippen LogP contribution in [0.15, 0.2) is 96.3 Å². The van der Waals surface area contributed by atoms with Crippen LogP contribution in [-0.2, 0) is 16.2 Å². The van der Waals surface area contributed by atoms with Gasteiger partial charge in [0.2, 0.25) is 0 Å². The molecule has 0 aromatic heterocycles. The van der Waals surface area contributed by atoms with Crippen LogP contribution in [0.4, 0.5) is 5.69 Å². The highest BCUT2D eigenvalue weighted by molar-refractivity contribution is 6.17. The molecule has 1 amide bonds. The molecule has 0 radical (unpaired) electrons. The molecule has 4 rings (SSSR count). The number of anilines is 1. The quantitative estimate of drug-likeness (QED) is 0.526. The number of Topliss-reactive ketones (excluding diaryl/α,β-unsaturated/α-hetero) is 1. The lowest BCUT2D eigenvalue weighted by molar-refractivity contribution is -0.123. The van der Waals surface area contributed by atoms with Gasteiger partial charge < -0.3 is 9.84 Å². The fourth-order valence-corrected chi connectivity index (χ4v) is 3.90. The van der Waals surface area contributed by atoms with E-state index in [4.69, 9.17) is 4.74 Å². The highest BCUT2D eigenvalue weighted by Gasteiger charge is 2.46. The summed E-state index contributed by atoms with van der Waals surface area (Å²) in [5.74, 6) is -0.660. The number of para-hydroxylation sites is 1. The van der Waals surface area contributed by atoms with E-state index >= 15 is 0 Å². The zero-order valence-corrected chi connectivity index (χ0v) is 19.0. The highest BCUT2D eigenvalue weighted by Crippen LogP contribution is 2.43. The second kappa shape index (κ2) is 8.94. The molecule has 168 valence electrons. The van der Waals surface area contributed by atoms with Gasteiger partial charge in [0.15, 0.2) is 11.5 Å². The third kappa shape index (κ3) is 4.53. The van der Waals surface area contributed by atoms with Gasteiger partial charge in [0.05, 0.1) is 11.6 Å². The lowest BCUT2D eigenvalue weighted by Gasteiger charge is -2.29. The van der Waals surface area contributed by atoms with Gasteiger partial charge in [-0.1, -0.05) is 81.4 Å². The topological polar surface area (TPSA) is 66.8 Å². The van der Waals surface area contributed by atoms with Crippen molar-refractivity contribution in [1.82, 2.24) is 0 Å². The van der Waals surface area contributed by atoms with E-state index in [9.17, 15) is 14.7 Å². The normalized spacial score (nSPS) is 16.3. The van der Waals surface area contributed by atoms with Crippen LogP contribution in [0.5, 0.6) is 5.75 Å². The average molecular weight is 442 g/mol. The Labute approximate surface area is 193 Å². The van der Waals surface area contributed by atoms with Crippen molar-refractivity contribution in [2.75, 3.05) is 4.90 Å². The summed E-state index contributed by atoms with van der Waals surface area (Å²) in [5, 5.41) is 10.8. The second-order valence-electron chi connectivity index (χ2n) is 9.10. The molecule has 1 heterocycles. The van der Waals surface area contributed by atoms with E-state index in [2.05, 4.69) is 0 Å². The molecule has 1 aliphatic rings. The molecule has 0 aliphatic carbocycles. The second-order valence-corrected chi connectivity index (χ2v) is 9.10. The number of hydrogen-bond acceptors (Lipinski definition) is 4. The average Bonchev–Trinajstić information content (AvgIpc) is 3.08. The lowest BCUT2D eigenvalue weighted by Crippen LogP contribution is -2.32. The first-order valence-electron chi connectivity index (χ1n) is 10.9. The van der Waals surface area contributed by atoms with E-state index in [1.807, 2.05) is 72.8 Å². The Hall–Kier alpha value is -3.86. The van der Waals surface area contributed by atoms with Crippen LogP contribution >= 0.6 is 0 Å². The third-order valence-electron chi connectivity index (χ3n) is 5.61. The van der Waals surface area contributed by atoms with Gasteiger partial charge in [-0.2, -0.15) is 0 Å². The van der Waals surface area contributed by atoms with Gasteiger partial charge in [-0.15, -0.1) is 0 Å². The van der Waals surface area contributed by atoms with Gasteiger partial charge in [-0.05, 0) is 35.4 Å². The van der Waals surface area contributed by atoms with Crippen molar-refractivity contribution < 1.29 is 19.4 Å². The highest BCUT2D eigenvalue weighted by atomic mass is 16.5. The fraction of sp³-hybridized carbons (Fsp3) is 0.214. The first-order chi connectivity index (χ1) is 15.8. The zero-order chi connectivity index (χ0) is 23.6. The van der Waals surface area contributed by atoms with Crippen LogP contribution in [0.1, 0.15) is 37.9 Å². The third-order valence-corrected chi connectivity index (χ3v) is 5.61. The van der Waals surface area contributed by atoms with E-state index in [0.717, 1.165) is 11.1 Å². The summed E-state index contributed by atoms with van der Waals surface area (Å²) in [6, 6.07) is 25.5. The molecular formula is C28H27NO4. The molecule has 0 saturated heterocycles. The van der Waals surface area contributed by atoms with Crippen molar-refractivity contribution in [3.05, 3.63) is 107 Å². The molecular weight excluding hydrogens is 414 g/mol. The van der Waals surface area contributed by atoms with E-state index in [0.29, 0.717) is 18.0 Å². The van der Waals surface area contributed by atoms with Crippen LogP contribution in [0.3, 0.4) is 0 Å². The van der Waals surface area contributed by atoms with E-state index < -0.39 is 23.1 Å². The molecule has 1 N–H and O–H groups in total. The van der Waals surface area contributed by atoms with Gasteiger partial charge in [-0.25, -0.2) is 0 Å². The minimum absolute atomic E-state index is 0.120. The summed E-state index contributed by atoms with van der Waals surface area (Å²) in [4.78, 5) is 27.9. The number of nitrogens with zero attached hydrogens (tertiary/aromatic N) is 1. The maximum Gasteiger partial charge on any atom is 0.294 e. The molecule has 0 saturated carbocycles. The van der Waals surface area contributed by atoms with Crippen LogP contribution < -0.4 is 9.64 Å². The number of amides is 1. The van der Waals surface area contributed by atoms with Gasteiger partial charge in [0, 0.05) is 11.1 Å². The van der Waals surface area contributed by atoms with Crippen molar-refractivity contribution >= 4 is 17.4 Å². The molecule has 0 spiro atoms. The number of aliphatic hydroxyl groups excluding tert-OH is 1. The smallest absolute Gasteiger partial charge is 0.294 e. The van der Waals surface area contributed by atoms with E-state index in [1.165, 1.54) is 4.90 Å². The Morgan fingerprint density at radius 2 is 1.48 bits per heavy atom. The van der Waals surface area contributed by atoms with Crippen molar-refractivity contribution in [2.45, 2.75) is 33.4 Å². The predicted octanol–water partition coefficient (Wildman–Crippen LogP) is 5.78. The molecule has 5 heteroatoms. The standard InChI is InChI=1S/C28H27NO4/c1-28(2,3)26(31)23-24(29(27(32)25(23)30)21-12-8-5-9-13-21)20-14-16-22(17-15-20)33-18-19-10-6-4-7-11-19/h4-17,24,30H,18H2,1-3H3. The number of carbonyl (C=O) groups excluding carboxylic acids is 2. The molecule has 3 aromatic rings. The molecule has 1 aliphatic heterocycles. The van der Waals surface area contributed by atoms with Gasteiger partial charge in [-0.3, -0.25) is 14.5 Å². The summed E-state index contributed by atoms with van der Waals surface area (Å²) >= 11 is 0. The molecule has 1 atom stereocenters. The number of benzene rings is 3. The van der Waals surface area contributed by atoms with E-state index in [-0.39, 0.29) is 11.4 Å². The van der Waals surface area contributed by atoms with Crippen LogP contribution in [-0.4, -0.2) is 16.8 Å². The van der Waals surface area contributed by atoms with Crippen LogP contribution in [0, 0.1) is 5.41 Å². The van der Waals surface area contributed by atoms with Crippen LogP contribution in [0.2, 0.25) is 0 Å². The van der Waals surface area contributed by atoms with Crippen molar-refractivity contribution in [1.29, 1.82) is 0 Å². The predicted molar refractivity (Wildman–Crippen MR) is 128 cm³/mol. The molecule has 3 aromatic carbocycles. The minimum Gasteiger partial charge on any atom is -0.503 e. The molecule has 0 bridgehead atoms. The van der Waals surface area contributed by atoms with Crippen LogP contribution in [0.25, 0.3) is 0 Å². The molecule has 0 fully saturated rings. The molecule has 5 nitrogen and oxygen atoms in total. The molecule has 33 heavy (non-hydrogen) atoms. The Morgan fingerprint density at radius 3 is 2.06 bits per heavy atom. The number of carbonyl (C=O) groups is 2. The Kier molecular flexibility index (Phi) is 6.05. The largest absolute Gasteiger partial charge is 0.503 e. The number of hydrogen-bond donors (Lipinski definition) is 1. The van der Waals surface area contributed by atoms with E-state index in [1.54, 1.807) is 32.9 Å². The molecule has 1 unspecified atom stereocenters. The summed E-state index contributed by atoms with van der Waals surface area (Å²) < 4.78 is 5.88. The fourth-order valence-electron chi connectivity index (χ4n) is 3.90. The van der Waals surface area contributed by atoms with Gasteiger partial charge >= 0.3 is 0 Å². The Balaban J connectivity index is 1.69. The summed E-state index contributed by atoms with van der Waals surface area (Å²) in [6.07, 6.45) is 0. The number of aliphatic hydroxyl groups is 1. The number of rotatable bonds is 6. The Bertz CT molecular complexity index is 1180. The summed E-state index contributed by atoms with van der Waals surface area (Å²) in [6.45, 7) is 5.78. The van der Waals surface area contributed by atoms with Crippen molar-refractivity contribution in [3.8, 4) is 5.75 Å². The van der Waals surface area contributed by atoms with Crippen molar-refractivity contribution in [3.63, 3.8) is 0 Å². The first kappa shape index (κ1) is 22.3. The zero-order valence-electron chi connectivity index (χ0n) is 19.0. The minimum atomic E-state index is -0.757. The maximum absolute atomic E-state index is 13.3.